The van der Waals surface area contributed by atoms with Gasteiger partial charge in [-0.3, -0.25) is 4.90 Å². The molecule has 2 saturated heterocycles. The van der Waals surface area contributed by atoms with Crippen LogP contribution in [0.5, 0.6) is 6.01 Å². The van der Waals surface area contributed by atoms with Crippen LogP contribution in [0.1, 0.15) is 38.5 Å². The average molecular weight is 481 g/mol. The molecule has 3 fully saturated rings. The van der Waals surface area contributed by atoms with Crippen molar-refractivity contribution in [3.05, 3.63) is 17.2 Å². The lowest BCUT2D eigenvalue weighted by atomic mass is 9.75. The van der Waals surface area contributed by atoms with Crippen molar-refractivity contribution in [3.63, 3.8) is 0 Å². The first-order valence-electron chi connectivity index (χ1n) is 11.7. The van der Waals surface area contributed by atoms with Crippen LogP contribution in [-0.2, 0) is 0 Å². The topological polar surface area (TPSA) is 57.6 Å². The highest BCUT2D eigenvalue weighted by molar-refractivity contribution is 6.30. The minimum absolute atomic E-state index is 0.0503. The molecule has 180 valence electrons. The molecule has 10 heteroatoms. The van der Waals surface area contributed by atoms with Crippen molar-refractivity contribution in [1.29, 1.82) is 0 Å². The van der Waals surface area contributed by atoms with Crippen LogP contribution >= 0.6 is 11.6 Å². The number of rotatable bonds is 7. The fraction of sp³-hybridized carbons (Fsp3) is 0.696. The molecule has 0 spiro atoms. The number of pyridine rings is 1. The Morgan fingerprint density at radius 2 is 2.00 bits per heavy atom. The molecule has 0 aromatic carbocycles. The van der Waals surface area contributed by atoms with Crippen molar-refractivity contribution in [3.8, 4) is 6.01 Å². The maximum atomic E-state index is 14.9. The van der Waals surface area contributed by atoms with E-state index in [9.17, 15) is 8.78 Å². The number of halogens is 3. The number of hydrogen-bond donors (Lipinski definition) is 0. The van der Waals surface area contributed by atoms with Crippen LogP contribution in [0.3, 0.4) is 0 Å². The van der Waals surface area contributed by atoms with E-state index in [0.717, 1.165) is 38.8 Å². The van der Waals surface area contributed by atoms with Crippen molar-refractivity contribution >= 4 is 28.3 Å². The number of nitrogens with zero attached hydrogens (tertiary/aromatic N) is 6. The number of likely N-dealkylation sites (N-methyl/N-ethyl adjacent to an activating group) is 2. The number of alkyl halides is 1. The summed E-state index contributed by atoms with van der Waals surface area (Å²) >= 11 is 5.96. The third-order valence-electron chi connectivity index (χ3n) is 7.96. The zero-order valence-electron chi connectivity index (χ0n) is 19.5. The summed E-state index contributed by atoms with van der Waals surface area (Å²) in [6, 6.07) is 0.0848. The Morgan fingerprint density at radius 3 is 2.70 bits per heavy atom. The SMILES string of the molecule is CN(CC1(N(C)C)CCC1)c1nc(OC[C@@]23CCCN2C[C@H](F)C3)nc2c(F)c(Cl)ncc12. The van der Waals surface area contributed by atoms with E-state index in [-0.39, 0.29) is 34.4 Å². The van der Waals surface area contributed by atoms with Crippen LogP contribution in [0.15, 0.2) is 6.20 Å². The lowest BCUT2D eigenvalue weighted by molar-refractivity contribution is 0.0681. The number of ether oxygens (including phenoxy) is 1. The van der Waals surface area contributed by atoms with E-state index in [0.29, 0.717) is 24.2 Å². The molecule has 5 rings (SSSR count). The normalized spacial score (nSPS) is 26.6. The van der Waals surface area contributed by atoms with Gasteiger partial charge in [-0.05, 0) is 52.7 Å². The molecule has 2 aliphatic heterocycles. The third-order valence-corrected chi connectivity index (χ3v) is 8.22. The molecule has 1 saturated carbocycles. The van der Waals surface area contributed by atoms with Gasteiger partial charge in [0.1, 0.15) is 24.1 Å². The smallest absolute Gasteiger partial charge is 0.319 e. The average Bonchev–Trinajstić information content (AvgIpc) is 3.26. The Morgan fingerprint density at radius 1 is 1.21 bits per heavy atom. The van der Waals surface area contributed by atoms with Gasteiger partial charge in [-0.15, -0.1) is 0 Å². The predicted molar refractivity (Wildman–Crippen MR) is 124 cm³/mol. The molecular weight excluding hydrogens is 450 g/mol. The van der Waals surface area contributed by atoms with Crippen molar-refractivity contribution < 1.29 is 13.5 Å². The fourth-order valence-corrected chi connectivity index (χ4v) is 5.99. The molecule has 1 aliphatic carbocycles. The minimum atomic E-state index is -0.847. The van der Waals surface area contributed by atoms with Crippen LogP contribution in [0.25, 0.3) is 10.9 Å². The van der Waals surface area contributed by atoms with Gasteiger partial charge < -0.3 is 14.5 Å². The number of anilines is 1. The Bertz CT molecular complexity index is 1050. The third kappa shape index (κ3) is 3.91. The van der Waals surface area contributed by atoms with Crippen molar-refractivity contribution in [2.24, 2.45) is 0 Å². The summed E-state index contributed by atoms with van der Waals surface area (Å²) in [7, 11) is 6.13. The van der Waals surface area contributed by atoms with Gasteiger partial charge in [0.2, 0.25) is 0 Å². The molecule has 0 N–H and O–H groups in total. The summed E-state index contributed by atoms with van der Waals surface area (Å²) < 4.78 is 35.1. The van der Waals surface area contributed by atoms with Crippen LogP contribution in [0.2, 0.25) is 5.15 Å². The monoisotopic (exact) mass is 480 g/mol. The second-order valence-corrected chi connectivity index (χ2v) is 10.5. The van der Waals surface area contributed by atoms with Crippen molar-refractivity contribution in [2.75, 3.05) is 52.3 Å². The number of fused-ring (bicyclic) bond motifs is 2. The second kappa shape index (κ2) is 8.43. The largest absolute Gasteiger partial charge is 0.461 e. The quantitative estimate of drug-likeness (QED) is 0.560. The van der Waals surface area contributed by atoms with Gasteiger partial charge in [-0.1, -0.05) is 11.6 Å². The highest BCUT2D eigenvalue weighted by atomic mass is 35.5. The summed E-state index contributed by atoms with van der Waals surface area (Å²) in [6.45, 7) is 2.33. The molecule has 33 heavy (non-hydrogen) atoms. The Labute approximate surface area is 198 Å². The zero-order valence-corrected chi connectivity index (χ0v) is 20.2. The fourth-order valence-electron chi connectivity index (χ4n) is 5.85. The maximum absolute atomic E-state index is 14.9. The lowest BCUT2D eigenvalue weighted by Crippen LogP contribution is -2.56. The van der Waals surface area contributed by atoms with Gasteiger partial charge in [0.05, 0.1) is 10.9 Å². The Balaban J connectivity index is 1.47. The van der Waals surface area contributed by atoms with Gasteiger partial charge in [0, 0.05) is 38.3 Å². The molecular formula is C23H31ClF2N6O. The van der Waals surface area contributed by atoms with E-state index in [1.54, 1.807) is 0 Å². The Hall–Kier alpha value is -1.84. The van der Waals surface area contributed by atoms with Crippen LogP contribution in [-0.4, -0.2) is 89.4 Å². The highest BCUT2D eigenvalue weighted by Gasteiger charge is 2.49. The van der Waals surface area contributed by atoms with Crippen LogP contribution < -0.4 is 9.64 Å². The number of aromatic nitrogens is 3. The van der Waals surface area contributed by atoms with E-state index >= 15 is 0 Å². The van der Waals surface area contributed by atoms with E-state index in [4.69, 9.17) is 16.3 Å². The van der Waals surface area contributed by atoms with E-state index < -0.39 is 12.0 Å². The second-order valence-electron chi connectivity index (χ2n) is 10.1. The summed E-state index contributed by atoms with van der Waals surface area (Å²) in [4.78, 5) is 19.5. The molecule has 0 radical (unpaired) electrons. The summed E-state index contributed by atoms with van der Waals surface area (Å²) in [6.07, 6.45) is 6.39. The molecule has 7 nitrogen and oxygen atoms in total. The molecule has 2 aromatic heterocycles. The summed E-state index contributed by atoms with van der Waals surface area (Å²) in [5, 5.41) is 0.256. The van der Waals surface area contributed by atoms with Crippen LogP contribution in [0, 0.1) is 5.82 Å². The van der Waals surface area contributed by atoms with Gasteiger partial charge in [-0.2, -0.15) is 9.97 Å². The standard InChI is InChI=1S/C23H31ClF2N6O/c1-30(2)22(6-4-7-22)13-31(3)20-16-11-27-19(24)17(26)18(16)28-21(29-20)33-14-23-8-5-9-32(23)12-15(25)10-23/h11,15H,4-10,12-14H2,1-3H3/t15-,23+/m1/s1. The molecule has 2 aromatic rings. The van der Waals surface area contributed by atoms with Gasteiger partial charge in [0.15, 0.2) is 11.0 Å². The molecule has 0 bridgehead atoms. The number of hydrogen-bond acceptors (Lipinski definition) is 7. The first kappa shape index (κ1) is 22.9. The molecule has 2 atom stereocenters. The van der Waals surface area contributed by atoms with Gasteiger partial charge in [-0.25, -0.2) is 13.8 Å². The molecule has 0 amide bonds. The van der Waals surface area contributed by atoms with E-state index in [1.165, 1.54) is 12.6 Å². The molecule has 0 unspecified atom stereocenters. The van der Waals surface area contributed by atoms with Crippen LogP contribution in [0.4, 0.5) is 14.6 Å². The zero-order chi connectivity index (χ0) is 23.4. The molecule has 4 heterocycles. The van der Waals surface area contributed by atoms with E-state index in [2.05, 4.69) is 38.8 Å². The maximum Gasteiger partial charge on any atom is 0.319 e. The Kier molecular flexibility index (Phi) is 5.86. The summed E-state index contributed by atoms with van der Waals surface area (Å²) in [5.74, 6) is -0.130. The van der Waals surface area contributed by atoms with Gasteiger partial charge >= 0.3 is 6.01 Å². The predicted octanol–water partition coefficient (Wildman–Crippen LogP) is 3.69. The molecule has 3 aliphatic rings. The van der Waals surface area contributed by atoms with Crippen molar-refractivity contribution in [2.45, 2.75) is 55.8 Å². The first-order chi connectivity index (χ1) is 15.7. The highest BCUT2D eigenvalue weighted by Crippen LogP contribution is 2.41. The van der Waals surface area contributed by atoms with Crippen molar-refractivity contribution in [1.82, 2.24) is 24.8 Å². The van der Waals surface area contributed by atoms with Gasteiger partial charge in [0.25, 0.3) is 0 Å². The first-order valence-corrected chi connectivity index (χ1v) is 12.0. The lowest BCUT2D eigenvalue weighted by Gasteiger charge is -2.49. The van der Waals surface area contributed by atoms with E-state index in [1.807, 2.05) is 11.9 Å². The minimum Gasteiger partial charge on any atom is -0.461 e. The summed E-state index contributed by atoms with van der Waals surface area (Å²) in [5.41, 5.74) is -0.196.